The average Bonchev–Trinajstić information content (AvgIpc) is 2.47. The molecule has 8 nitrogen and oxygen atoms in total. The predicted octanol–water partition coefficient (Wildman–Crippen LogP) is -0.174. The third kappa shape index (κ3) is 4.81. The third-order valence-corrected chi connectivity index (χ3v) is 2.42. The van der Waals surface area contributed by atoms with Crippen molar-refractivity contribution < 1.29 is 19.1 Å². The van der Waals surface area contributed by atoms with Crippen LogP contribution in [0.3, 0.4) is 0 Å². The highest BCUT2D eigenvalue weighted by molar-refractivity contribution is 5.87. The second kappa shape index (κ2) is 8.05. The minimum absolute atomic E-state index is 0.107. The first-order chi connectivity index (χ1) is 9.58. The normalized spacial score (nSPS) is 11.6. The van der Waals surface area contributed by atoms with Crippen LogP contribution in [-0.2, 0) is 14.3 Å². The van der Waals surface area contributed by atoms with Gasteiger partial charge in [-0.1, -0.05) is 0 Å². The van der Waals surface area contributed by atoms with Crippen LogP contribution in [0.15, 0.2) is 12.1 Å². The summed E-state index contributed by atoms with van der Waals surface area (Å²) in [5, 5.41) is 13.1. The number of nitrogens with one attached hydrogen (secondary N) is 2. The number of rotatable bonds is 7. The van der Waals surface area contributed by atoms with Crippen molar-refractivity contribution in [1.29, 1.82) is 0 Å². The fourth-order valence-corrected chi connectivity index (χ4v) is 1.34. The van der Waals surface area contributed by atoms with E-state index in [2.05, 4.69) is 25.6 Å². The maximum Gasteiger partial charge on any atom is 0.358 e. The van der Waals surface area contributed by atoms with Gasteiger partial charge in [-0.15, -0.1) is 10.2 Å². The van der Waals surface area contributed by atoms with Crippen molar-refractivity contribution in [2.75, 3.05) is 32.7 Å². The molecule has 1 rings (SSSR count). The number of carbonyl (C=O) groups is 2. The lowest BCUT2D eigenvalue weighted by Crippen LogP contribution is -2.39. The number of ether oxygens (including phenoxy) is 2. The van der Waals surface area contributed by atoms with Crippen LogP contribution in [0.1, 0.15) is 17.4 Å². The predicted molar refractivity (Wildman–Crippen MR) is 71.3 cm³/mol. The van der Waals surface area contributed by atoms with Crippen molar-refractivity contribution >= 4 is 17.7 Å². The number of carbonyl (C=O) groups excluding carboxylic acids is 2. The van der Waals surface area contributed by atoms with Gasteiger partial charge in [0, 0.05) is 13.7 Å². The second-order valence-electron chi connectivity index (χ2n) is 3.95. The Balaban J connectivity index is 2.51. The highest BCUT2D eigenvalue weighted by Crippen LogP contribution is 2.04. The summed E-state index contributed by atoms with van der Waals surface area (Å²) in [4.78, 5) is 22.9. The largest absolute Gasteiger partial charge is 0.464 e. The molecule has 0 fully saturated rings. The lowest BCUT2D eigenvalue weighted by atomic mass is 10.3. The van der Waals surface area contributed by atoms with Gasteiger partial charge in [-0.3, -0.25) is 4.79 Å². The van der Waals surface area contributed by atoms with E-state index < -0.39 is 12.0 Å². The molecule has 8 heteroatoms. The van der Waals surface area contributed by atoms with Crippen molar-refractivity contribution in [3.63, 3.8) is 0 Å². The summed E-state index contributed by atoms with van der Waals surface area (Å²) in [7, 11) is 2.83. The average molecular weight is 282 g/mol. The van der Waals surface area contributed by atoms with E-state index in [0.29, 0.717) is 19.0 Å². The molecule has 0 saturated carbocycles. The zero-order chi connectivity index (χ0) is 15.0. The van der Waals surface area contributed by atoms with Gasteiger partial charge in [0.2, 0.25) is 5.91 Å². The van der Waals surface area contributed by atoms with Crippen molar-refractivity contribution in [1.82, 2.24) is 15.5 Å². The van der Waals surface area contributed by atoms with E-state index in [0.717, 1.165) is 0 Å². The number of hydrogen-bond donors (Lipinski definition) is 2. The van der Waals surface area contributed by atoms with E-state index in [9.17, 15) is 9.59 Å². The second-order valence-corrected chi connectivity index (χ2v) is 3.95. The SMILES string of the molecule is COCCNC(=O)C(C)Nc1ccc(C(=O)OC)nn1. The van der Waals surface area contributed by atoms with Gasteiger partial charge in [0.1, 0.15) is 11.9 Å². The fourth-order valence-electron chi connectivity index (χ4n) is 1.34. The van der Waals surface area contributed by atoms with Crippen LogP contribution in [-0.4, -0.2) is 55.5 Å². The highest BCUT2D eigenvalue weighted by atomic mass is 16.5. The number of anilines is 1. The van der Waals surface area contributed by atoms with Gasteiger partial charge in [-0.05, 0) is 19.1 Å². The maximum absolute atomic E-state index is 11.7. The standard InChI is InChI=1S/C12H18N4O4/c1-8(11(17)13-6-7-19-2)14-10-5-4-9(15-16-10)12(18)20-3/h4-5,8H,6-7H2,1-3H3,(H,13,17)(H,14,16). The number of esters is 1. The number of amides is 1. The molecular weight excluding hydrogens is 264 g/mol. The summed E-state index contributed by atoms with van der Waals surface area (Å²) in [6.45, 7) is 2.58. The Morgan fingerprint density at radius 3 is 2.60 bits per heavy atom. The first-order valence-electron chi connectivity index (χ1n) is 6.03. The van der Waals surface area contributed by atoms with Gasteiger partial charge >= 0.3 is 5.97 Å². The molecule has 1 unspecified atom stereocenters. The number of methoxy groups -OCH3 is 2. The summed E-state index contributed by atoms with van der Waals surface area (Å²) in [5.41, 5.74) is 0.107. The Hall–Kier alpha value is -2.22. The molecule has 0 aliphatic rings. The Morgan fingerprint density at radius 2 is 2.05 bits per heavy atom. The molecule has 0 aliphatic heterocycles. The molecule has 0 spiro atoms. The molecule has 0 saturated heterocycles. The Morgan fingerprint density at radius 1 is 1.30 bits per heavy atom. The summed E-state index contributed by atoms with van der Waals surface area (Å²) < 4.78 is 9.35. The topological polar surface area (TPSA) is 102 Å². The summed E-state index contributed by atoms with van der Waals surface area (Å²) in [5.74, 6) is -0.345. The number of aromatic nitrogens is 2. The Labute approximate surface area is 116 Å². The van der Waals surface area contributed by atoms with Gasteiger partial charge < -0.3 is 20.1 Å². The molecule has 20 heavy (non-hydrogen) atoms. The lowest BCUT2D eigenvalue weighted by molar-refractivity contribution is -0.121. The number of hydrogen-bond acceptors (Lipinski definition) is 7. The van der Waals surface area contributed by atoms with Crippen molar-refractivity contribution in [2.24, 2.45) is 0 Å². The van der Waals surface area contributed by atoms with E-state index in [1.54, 1.807) is 20.1 Å². The van der Waals surface area contributed by atoms with Crippen molar-refractivity contribution in [3.8, 4) is 0 Å². The number of nitrogens with zero attached hydrogens (tertiary/aromatic N) is 2. The van der Waals surface area contributed by atoms with E-state index in [1.165, 1.54) is 13.2 Å². The van der Waals surface area contributed by atoms with Gasteiger partial charge in [0.15, 0.2) is 5.69 Å². The fraction of sp³-hybridized carbons (Fsp3) is 0.500. The van der Waals surface area contributed by atoms with E-state index >= 15 is 0 Å². The van der Waals surface area contributed by atoms with Crippen LogP contribution >= 0.6 is 0 Å². The zero-order valence-electron chi connectivity index (χ0n) is 11.7. The van der Waals surface area contributed by atoms with Crippen LogP contribution in [0.4, 0.5) is 5.82 Å². The first kappa shape index (κ1) is 15.8. The molecule has 0 aromatic carbocycles. The molecule has 110 valence electrons. The summed E-state index contributed by atoms with van der Waals surface area (Å²) in [6.07, 6.45) is 0. The molecular formula is C12H18N4O4. The third-order valence-electron chi connectivity index (χ3n) is 2.42. The molecule has 2 N–H and O–H groups in total. The first-order valence-corrected chi connectivity index (χ1v) is 6.03. The molecule has 1 amide bonds. The van der Waals surface area contributed by atoms with Crippen molar-refractivity contribution in [3.05, 3.63) is 17.8 Å². The monoisotopic (exact) mass is 282 g/mol. The quantitative estimate of drug-likeness (QED) is 0.528. The molecule has 1 heterocycles. The van der Waals surface area contributed by atoms with Crippen LogP contribution in [0.5, 0.6) is 0 Å². The molecule has 0 bridgehead atoms. The lowest BCUT2D eigenvalue weighted by Gasteiger charge is -2.14. The van der Waals surface area contributed by atoms with Crippen LogP contribution in [0.25, 0.3) is 0 Å². The van der Waals surface area contributed by atoms with Gasteiger partial charge in [-0.2, -0.15) is 0 Å². The smallest absolute Gasteiger partial charge is 0.358 e. The van der Waals surface area contributed by atoms with Crippen molar-refractivity contribution in [2.45, 2.75) is 13.0 Å². The minimum atomic E-state index is -0.561. The summed E-state index contributed by atoms with van der Waals surface area (Å²) >= 11 is 0. The Kier molecular flexibility index (Phi) is 6.38. The molecule has 1 aromatic heterocycles. The molecule has 1 atom stereocenters. The van der Waals surface area contributed by atoms with E-state index in [4.69, 9.17) is 4.74 Å². The van der Waals surface area contributed by atoms with Crippen LogP contribution in [0, 0.1) is 0 Å². The molecule has 0 aliphatic carbocycles. The van der Waals surface area contributed by atoms with Crippen LogP contribution < -0.4 is 10.6 Å². The highest BCUT2D eigenvalue weighted by Gasteiger charge is 2.13. The zero-order valence-corrected chi connectivity index (χ0v) is 11.7. The van der Waals surface area contributed by atoms with Crippen LogP contribution in [0.2, 0.25) is 0 Å². The molecule has 1 aromatic rings. The van der Waals surface area contributed by atoms with Gasteiger partial charge in [0.25, 0.3) is 0 Å². The maximum atomic E-state index is 11.7. The minimum Gasteiger partial charge on any atom is -0.464 e. The Bertz CT molecular complexity index is 449. The van der Waals surface area contributed by atoms with E-state index in [1.807, 2.05) is 0 Å². The van der Waals surface area contributed by atoms with Gasteiger partial charge in [-0.25, -0.2) is 4.79 Å². The van der Waals surface area contributed by atoms with Gasteiger partial charge in [0.05, 0.1) is 13.7 Å². The summed E-state index contributed by atoms with van der Waals surface area (Å²) in [6, 6.07) is 2.54. The van der Waals surface area contributed by atoms with E-state index in [-0.39, 0.29) is 11.6 Å². The molecule has 0 radical (unpaired) electrons.